The second-order valence-electron chi connectivity index (χ2n) is 5.59. The van der Waals surface area contributed by atoms with E-state index in [4.69, 9.17) is 0 Å². The third-order valence-corrected chi connectivity index (χ3v) is 4.87. The van der Waals surface area contributed by atoms with E-state index < -0.39 is 9.84 Å². The van der Waals surface area contributed by atoms with Gasteiger partial charge in [0.1, 0.15) is 0 Å². The van der Waals surface area contributed by atoms with Crippen molar-refractivity contribution in [2.75, 3.05) is 0 Å². The summed E-state index contributed by atoms with van der Waals surface area (Å²) in [4.78, 5) is 0.671. The van der Waals surface area contributed by atoms with Crippen molar-refractivity contribution >= 4 is 9.84 Å². The molecule has 0 atom stereocenters. The topological polar surface area (TPSA) is 34.1 Å². The van der Waals surface area contributed by atoms with Crippen molar-refractivity contribution in [3.8, 4) is 0 Å². The second-order valence-corrected chi connectivity index (χ2v) is 7.54. The van der Waals surface area contributed by atoms with E-state index >= 15 is 0 Å². The van der Waals surface area contributed by atoms with Gasteiger partial charge in [-0.25, -0.2) is 8.42 Å². The molecule has 2 aromatic carbocycles. The van der Waals surface area contributed by atoms with Crippen LogP contribution in [0, 0.1) is 0 Å². The van der Waals surface area contributed by atoms with Gasteiger partial charge in [-0.3, -0.25) is 0 Å². The molecule has 0 saturated carbocycles. The Balaban J connectivity index is 2.43. The number of rotatable bonds is 2. The van der Waals surface area contributed by atoms with Gasteiger partial charge in [-0.15, -0.1) is 0 Å². The molecule has 0 aliphatic rings. The van der Waals surface area contributed by atoms with E-state index in [-0.39, 0.29) is 5.41 Å². The first-order valence-electron chi connectivity index (χ1n) is 6.22. The molecule has 0 aromatic heterocycles. The third-order valence-electron chi connectivity index (χ3n) is 3.08. The van der Waals surface area contributed by atoms with E-state index in [0.29, 0.717) is 9.79 Å². The van der Waals surface area contributed by atoms with Crippen molar-refractivity contribution in [1.82, 2.24) is 0 Å². The molecule has 0 aliphatic heterocycles. The van der Waals surface area contributed by atoms with Crippen LogP contribution in [0.5, 0.6) is 0 Å². The molecule has 3 heteroatoms. The molecule has 0 heterocycles. The van der Waals surface area contributed by atoms with Crippen molar-refractivity contribution in [3.63, 3.8) is 0 Å². The Morgan fingerprint density at radius 2 is 1.21 bits per heavy atom. The SMILES string of the molecule is CC(C)(C)c1ccc(S(=O)(=O)c2ccccc2)cc1. The maximum Gasteiger partial charge on any atom is 0.206 e. The first kappa shape index (κ1) is 13.8. The number of sulfone groups is 1. The quantitative estimate of drug-likeness (QED) is 0.834. The van der Waals surface area contributed by atoms with Crippen LogP contribution in [0.2, 0.25) is 0 Å². The third kappa shape index (κ3) is 2.87. The van der Waals surface area contributed by atoms with Crippen molar-refractivity contribution in [3.05, 3.63) is 60.2 Å². The van der Waals surface area contributed by atoms with Crippen LogP contribution in [-0.4, -0.2) is 8.42 Å². The molecule has 0 amide bonds. The van der Waals surface area contributed by atoms with Gasteiger partial charge in [0, 0.05) is 0 Å². The lowest BCUT2D eigenvalue weighted by molar-refractivity contribution is 0.586. The van der Waals surface area contributed by atoms with Gasteiger partial charge in [-0.2, -0.15) is 0 Å². The molecule has 0 bridgehead atoms. The van der Waals surface area contributed by atoms with Crippen LogP contribution in [0.1, 0.15) is 26.3 Å². The summed E-state index contributed by atoms with van der Waals surface area (Å²) < 4.78 is 24.8. The van der Waals surface area contributed by atoms with Crippen molar-refractivity contribution in [2.24, 2.45) is 0 Å². The zero-order chi connectivity index (χ0) is 14.1. The van der Waals surface area contributed by atoms with Gasteiger partial charge in [0.2, 0.25) is 9.84 Å². The van der Waals surface area contributed by atoms with E-state index in [9.17, 15) is 8.42 Å². The number of hydrogen-bond donors (Lipinski definition) is 0. The fourth-order valence-electron chi connectivity index (χ4n) is 1.87. The van der Waals surface area contributed by atoms with Gasteiger partial charge < -0.3 is 0 Å². The summed E-state index contributed by atoms with van der Waals surface area (Å²) in [6.07, 6.45) is 0. The molecule has 0 spiro atoms. The van der Waals surface area contributed by atoms with Gasteiger partial charge >= 0.3 is 0 Å². The van der Waals surface area contributed by atoms with Crippen LogP contribution in [0.15, 0.2) is 64.4 Å². The van der Waals surface area contributed by atoms with Crippen LogP contribution >= 0.6 is 0 Å². The second kappa shape index (κ2) is 4.82. The maximum absolute atomic E-state index is 12.4. The summed E-state index contributed by atoms with van der Waals surface area (Å²) in [5.41, 5.74) is 1.15. The Morgan fingerprint density at radius 1 is 0.737 bits per heavy atom. The summed E-state index contributed by atoms with van der Waals surface area (Å²) in [6, 6.07) is 15.6. The highest BCUT2D eigenvalue weighted by Gasteiger charge is 2.19. The molecule has 0 saturated heterocycles. The molecular weight excluding hydrogens is 256 g/mol. The highest BCUT2D eigenvalue weighted by Crippen LogP contribution is 2.26. The van der Waals surface area contributed by atoms with Crippen molar-refractivity contribution < 1.29 is 8.42 Å². The predicted octanol–water partition coefficient (Wildman–Crippen LogP) is 3.82. The zero-order valence-corrected chi connectivity index (χ0v) is 12.2. The Labute approximate surface area is 115 Å². The lowest BCUT2D eigenvalue weighted by Crippen LogP contribution is -2.11. The van der Waals surface area contributed by atoms with Crippen LogP contribution in [0.3, 0.4) is 0 Å². The minimum absolute atomic E-state index is 0.0229. The molecular formula is C16H18O2S. The Hall–Kier alpha value is -1.61. The van der Waals surface area contributed by atoms with Crippen molar-refractivity contribution in [2.45, 2.75) is 36.0 Å². The first-order chi connectivity index (χ1) is 8.82. The first-order valence-corrected chi connectivity index (χ1v) is 7.71. The fraction of sp³-hybridized carbons (Fsp3) is 0.250. The number of benzene rings is 2. The molecule has 2 rings (SSSR count). The lowest BCUT2D eigenvalue weighted by atomic mass is 9.87. The number of hydrogen-bond acceptors (Lipinski definition) is 2. The summed E-state index contributed by atoms with van der Waals surface area (Å²) >= 11 is 0. The molecule has 0 N–H and O–H groups in total. The van der Waals surface area contributed by atoms with Crippen LogP contribution in [0.4, 0.5) is 0 Å². The summed E-state index contributed by atoms with van der Waals surface area (Å²) in [5, 5.41) is 0. The van der Waals surface area contributed by atoms with Crippen LogP contribution in [-0.2, 0) is 15.3 Å². The van der Waals surface area contributed by atoms with Crippen LogP contribution in [0.25, 0.3) is 0 Å². The molecule has 0 unspecified atom stereocenters. The van der Waals surface area contributed by atoms with E-state index in [1.54, 1.807) is 36.4 Å². The molecule has 2 aromatic rings. The van der Waals surface area contributed by atoms with Gasteiger partial charge in [0.05, 0.1) is 9.79 Å². The molecule has 0 fully saturated rings. The lowest BCUT2D eigenvalue weighted by Gasteiger charge is -2.19. The zero-order valence-electron chi connectivity index (χ0n) is 11.4. The average molecular weight is 274 g/mol. The molecule has 0 aliphatic carbocycles. The minimum atomic E-state index is -3.40. The predicted molar refractivity (Wildman–Crippen MR) is 77.0 cm³/mol. The monoisotopic (exact) mass is 274 g/mol. The molecule has 2 nitrogen and oxygen atoms in total. The van der Waals surface area contributed by atoms with Crippen molar-refractivity contribution in [1.29, 1.82) is 0 Å². The largest absolute Gasteiger partial charge is 0.219 e. The van der Waals surface area contributed by atoms with E-state index in [2.05, 4.69) is 20.8 Å². The molecule has 19 heavy (non-hydrogen) atoms. The smallest absolute Gasteiger partial charge is 0.206 e. The summed E-state index contributed by atoms with van der Waals surface area (Å²) in [5.74, 6) is 0. The van der Waals surface area contributed by atoms with E-state index in [0.717, 1.165) is 5.56 Å². The minimum Gasteiger partial charge on any atom is -0.219 e. The highest BCUT2D eigenvalue weighted by molar-refractivity contribution is 7.91. The van der Waals surface area contributed by atoms with Gasteiger partial charge in [0.15, 0.2) is 0 Å². The average Bonchev–Trinajstić information content (AvgIpc) is 2.39. The van der Waals surface area contributed by atoms with E-state index in [1.165, 1.54) is 0 Å². The standard InChI is InChI=1S/C16H18O2S/c1-16(2,3)13-9-11-15(12-10-13)19(17,18)14-7-5-4-6-8-14/h4-12H,1-3H3. The van der Waals surface area contributed by atoms with E-state index in [1.807, 2.05) is 18.2 Å². The summed E-state index contributed by atoms with van der Waals surface area (Å²) in [7, 11) is -3.40. The van der Waals surface area contributed by atoms with Gasteiger partial charge in [-0.1, -0.05) is 51.1 Å². The normalized spacial score (nSPS) is 12.4. The Kier molecular flexibility index (Phi) is 3.50. The summed E-state index contributed by atoms with van der Waals surface area (Å²) in [6.45, 7) is 6.31. The van der Waals surface area contributed by atoms with Gasteiger partial charge in [-0.05, 0) is 35.2 Å². The molecule has 100 valence electrons. The molecule has 0 radical (unpaired) electrons. The fourth-order valence-corrected chi connectivity index (χ4v) is 3.15. The Bertz CT molecular complexity index is 648. The Morgan fingerprint density at radius 3 is 1.68 bits per heavy atom. The van der Waals surface area contributed by atoms with Crippen LogP contribution < -0.4 is 0 Å². The highest BCUT2D eigenvalue weighted by atomic mass is 32.2. The maximum atomic E-state index is 12.4. The van der Waals surface area contributed by atoms with Gasteiger partial charge in [0.25, 0.3) is 0 Å².